The third-order valence-corrected chi connectivity index (χ3v) is 3.89. The predicted molar refractivity (Wildman–Crippen MR) is 82.3 cm³/mol. The number of ether oxygens (including phenoxy) is 2. The Balaban J connectivity index is 1.86. The van der Waals surface area contributed by atoms with E-state index in [-0.39, 0.29) is 0 Å². The molecule has 0 heterocycles. The van der Waals surface area contributed by atoms with Crippen LogP contribution in [0.15, 0.2) is 18.2 Å². The number of methoxy groups -OCH3 is 1. The smallest absolute Gasteiger partial charge is 0.0701 e. The maximum absolute atomic E-state index is 5.67. The van der Waals surface area contributed by atoms with Gasteiger partial charge >= 0.3 is 0 Å². The van der Waals surface area contributed by atoms with Gasteiger partial charge in [-0.05, 0) is 48.9 Å². The van der Waals surface area contributed by atoms with Gasteiger partial charge in [0.05, 0.1) is 19.8 Å². The first-order valence-corrected chi connectivity index (χ1v) is 7.74. The van der Waals surface area contributed by atoms with Crippen molar-refractivity contribution in [1.29, 1.82) is 0 Å². The van der Waals surface area contributed by atoms with Crippen molar-refractivity contribution in [2.75, 3.05) is 33.5 Å². The Labute approximate surface area is 122 Å². The summed E-state index contributed by atoms with van der Waals surface area (Å²) in [6.07, 6.45) is 4.86. The van der Waals surface area contributed by atoms with Crippen LogP contribution in [-0.2, 0) is 28.7 Å². The fraction of sp³-hybridized carbons (Fsp3) is 0.647. The van der Waals surface area contributed by atoms with Gasteiger partial charge in [0, 0.05) is 13.2 Å². The summed E-state index contributed by atoms with van der Waals surface area (Å²) >= 11 is 0. The maximum atomic E-state index is 5.67. The SMILES string of the molecule is CCNC(COCCOC)Cc1ccc2c(c1)CCC2. The Morgan fingerprint density at radius 3 is 2.85 bits per heavy atom. The van der Waals surface area contributed by atoms with Crippen LogP contribution in [0.1, 0.15) is 30.0 Å². The summed E-state index contributed by atoms with van der Waals surface area (Å²) in [5, 5.41) is 3.51. The van der Waals surface area contributed by atoms with E-state index in [9.17, 15) is 0 Å². The van der Waals surface area contributed by atoms with Crippen molar-refractivity contribution in [3.8, 4) is 0 Å². The highest BCUT2D eigenvalue weighted by Gasteiger charge is 2.13. The minimum absolute atomic E-state index is 0.385. The molecule has 1 N–H and O–H groups in total. The predicted octanol–water partition coefficient (Wildman–Crippen LogP) is 2.36. The quantitative estimate of drug-likeness (QED) is 0.703. The Kier molecular flexibility index (Phi) is 6.51. The second-order valence-electron chi connectivity index (χ2n) is 5.48. The first-order chi connectivity index (χ1) is 9.83. The molecule has 3 heteroatoms. The zero-order valence-corrected chi connectivity index (χ0v) is 12.8. The van der Waals surface area contributed by atoms with E-state index in [2.05, 4.69) is 30.4 Å². The van der Waals surface area contributed by atoms with Gasteiger partial charge in [0.25, 0.3) is 0 Å². The molecule has 0 spiro atoms. The molecule has 0 bridgehead atoms. The number of aryl methyl sites for hydroxylation is 2. The third kappa shape index (κ3) is 4.58. The van der Waals surface area contributed by atoms with E-state index in [0.29, 0.717) is 19.3 Å². The highest BCUT2D eigenvalue weighted by molar-refractivity contribution is 5.35. The van der Waals surface area contributed by atoms with Gasteiger partial charge in [0.1, 0.15) is 0 Å². The molecule has 0 aliphatic heterocycles. The Morgan fingerprint density at radius 1 is 1.20 bits per heavy atom. The van der Waals surface area contributed by atoms with Crippen LogP contribution in [0.5, 0.6) is 0 Å². The van der Waals surface area contributed by atoms with E-state index in [1.54, 1.807) is 18.2 Å². The normalized spacial score (nSPS) is 15.3. The number of fused-ring (bicyclic) bond motifs is 1. The van der Waals surface area contributed by atoms with E-state index < -0.39 is 0 Å². The van der Waals surface area contributed by atoms with Crippen molar-refractivity contribution in [3.05, 3.63) is 34.9 Å². The standard InChI is InChI=1S/C17H27NO2/c1-3-18-17(13-20-10-9-19-2)12-14-7-8-15-5-4-6-16(15)11-14/h7-8,11,17-18H,3-6,9-10,12-13H2,1-2H3. The summed E-state index contributed by atoms with van der Waals surface area (Å²) in [6, 6.07) is 7.37. The van der Waals surface area contributed by atoms with E-state index in [1.807, 2.05) is 0 Å². The molecular formula is C17H27NO2. The molecule has 3 nitrogen and oxygen atoms in total. The van der Waals surface area contributed by atoms with E-state index in [1.165, 1.54) is 24.8 Å². The molecule has 0 saturated carbocycles. The summed E-state index contributed by atoms with van der Waals surface area (Å²) in [6.45, 7) is 5.20. The highest BCUT2D eigenvalue weighted by Crippen LogP contribution is 2.23. The van der Waals surface area contributed by atoms with Crippen LogP contribution in [0, 0.1) is 0 Å². The van der Waals surface area contributed by atoms with Gasteiger partial charge in [0.15, 0.2) is 0 Å². The molecule has 112 valence electrons. The Morgan fingerprint density at radius 2 is 2.05 bits per heavy atom. The van der Waals surface area contributed by atoms with Crippen LogP contribution in [0.2, 0.25) is 0 Å². The topological polar surface area (TPSA) is 30.5 Å². The molecule has 0 saturated heterocycles. The number of nitrogens with one attached hydrogen (secondary N) is 1. The Bertz CT molecular complexity index is 406. The van der Waals surface area contributed by atoms with Gasteiger partial charge < -0.3 is 14.8 Å². The van der Waals surface area contributed by atoms with Crippen LogP contribution in [-0.4, -0.2) is 39.5 Å². The second kappa shape index (κ2) is 8.40. The number of hydrogen-bond donors (Lipinski definition) is 1. The summed E-state index contributed by atoms with van der Waals surface area (Å²) in [7, 11) is 1.70. The summed E-state index contributed by atoms with van der Waals surface area (Å²) in [5.41, 5.74) is 4.52. The lowest BCUT2D eigenvalue weighted by atomic mass is 10.0. The van der Waals surface area contributed by atoms with E-state index in [4.69, 9.17) is 9.47 Å². The molecule has 1 aromatic rings. The zero-order valence-electron chi connectivity index (χ0n) is 12.8. The van der Waals surface area contributed by atoms with Crippen molar-refractivity contribution in [3.63, 3.8) is 0 Å². The summed E-state index contributed by atoms with van der Waals surface area (Å²) in [5.74, 6) is 0. The van der Waals surface area contributed by atoms with E-state index in [0.717, 1.165) is 19.6 Å². The molecule has 1 aliphatic rings. The first kappa shape index (κ1) is 15.5. The van der Waals surface area contributed by atoms with E-state index >= 15 is 0 Å². The molecular weight excluding hydrogens is 250 g/mol. The van der Waals surface area contributed by atoms with Gasteiger partial charge in [-0.3, -0.25) is 0 Å². The van der Waals surface area contributed by atoms with Gasteiger partial charge in [-0.1, -0.05) is 25.1 Å². The summed E-state index contributed by atoms with van der Waals surface area (Å²) < 4.78 is 10.7. The number of rotatable bonds is 9. The maximum Gasteiger partial charge on any atom is 0.0701 e. The van der Waals surface area contributed by atoms with Gasteiger partial charge in [-0.15, -0.1) is 0 Å². The van der Waals surface area contributed by atoms with Gasteiger partial charge in [0.2, 0.25) is 0 Å². The van der Waals surface area contributed by atoms with Gasteiger partial charge in [-0.2, -0.15) is 0 Å². The fourth-order valence-corrected chi connectivity index (χ4v) is 2.88. The molecule has 1 aromatic carbocycles. The lowest BCUT2D eigenvalue weighted by molar-refractivity contribution is 0.0589. The van der Waals surface area contributed by atoms with Crippen LogP contribution in [0.4, 0.5) is 0 Å². The van der Waals surface area contributed by atoms with Crippen LogP contribution >= 0.6 is 0 Å². The van der Waals surface area contributed by atoms with Gasteiger partial charge in [-0.25, -0.2) is 0 Å². The molecule has 0 radical (unpaired) electrons. The molecule has 2 rings (SSSR count). The van der Waals surface area contributed by atoms with Crippen molar-refractivity contribution in [2.45, 2.75) is 38.6 Å². The monoisotopic (exact) mass is 277 g/mol. The lowest BCUT2D eigenvalue weighted by Gasteiger charge is -2.18. The van der Waals surface area contributed by atoms with Crippen molar-refractivity contribution in [1.82, 2.24) is 5.32 Å². The highest BCUT2D eigenvalue weighted by atomic mass is 16.5. The van der Waals surface area contributed by atoms with Crippen LogP contribution in [0.3, 0.4) is 0 Å². The number of benzene rings is 1. The lowest BCUT2D eigenvalue weighted by Crippen LogP contribution is -2.35. The minimum atomic E-state index is 0.385. The number of hydrogen-bond acceptors (Lipinski definition) is 3. The minimum Gasteiger partial charge on any atom is -0.382 e. The fourth-order valence-electron chi connectivity index (χ4n) is 2.88. The molecule has 20 heavy (non-hydrogen) atoms. The average molecular weight is 277 g/mol. The molecule has 1 atom stereocenters. The largest absolute Gasteiger partial charge is 0.382 e. The average Bonchev–Trinajstić information content (AvgIpc) is 2.91. The summed E-state index contributed by atoms with van der Waals surface area (Å²) in [4.78, 5) is 0. The van der Waals surface area contributed by atoms with Crippen LogP contribution < -0.4 is 5.32 Å². The first-order valence-electron chi connectivity index (χ1n) is 7.74. The molecule has 0 fully saturated rings. The molecule has 0 aromatic heterocycles. The zero-order chi connectivity index (χ0) is 14.2. The van der Waals surface area contributed by atoms with Crippen molar-refractivity contribution >= 4 is 0 Å². The van der Waals surface area contributed by atoms with Crippen molar-refractivity contribution in [2.24, 2.45) is 0 Å². The molecule has 1 aliphatic carbocycles. The Hall–Kier alpha value is -0.900. The van der Waals surface area contributed by atoms with Crippen LogP contribution in [0.25, 0.3) is 0 Å². The second-order valence-corrected chi connectivity index (χ2v) is 5.48. The number of likely N-dealkylation sites (N-methyl/N-ethyl adjacent to an activating group) is 1. The van der Waals surface area contributed by atoms with Crippen molar-refractivity contribution < 1.29 is 9.47 Å². The molecule has 1 unspecified atom stereocenters. The molecule has 0 amide bonds. The third-order valence-electron chi connectivity index (χ3n) is 3.89.